The van der Waals surface area contributed by atoms with Crippen LogP contribution < -0.4 is 0 Å². The number of alkyl halides is 3. The van der Waals surface area contributed by atoms with Crippen LogP contribution in [0.4, 0.5) is 22.4 Å². The van der Waals surface area contributed by atoms with Crippen LogP contribution >= 0.6 is 0 Å². The van der Waals surface area contributed by atoms with Crippen LogP contribution in [0.25, 0.3) is 0 Å². The van der Waals surface area contributed by atoms with Gasteiger partial charge in [0, 0.05) is 38.3 Å². The molecule has 0 bridgehead atoms. The van der Waals surface area contributed by atoms with Gasteiger partial charge in [0.15, 0.2) is 0 Å². The molecule has 2 rings (SSSR count). The van der Waals surface area contributed by atoms with Gasteiger partial charge < -0.3 is 14.5 Å². The number of carbonyl (C=O) groups excluding carboxylic acids is 1. The van der Waals surface area contributed by atoms with E-state index in [9.17, 15) is 22.4 Å². The van der Waals surface area contributed by atoms with E-state index in [0.29, 0.717) is 38.8 Å². The topological polar surface area (TPSA) is 36.0 Å². The number of hydrogen-bond donors (Lipinski definition) is 0. The molecule has 0 N–H and O–H groups in total. The highest BCUT2D eigenvalue weighted by molar-refractivity contribution is 5.68. The first-order chi connectivity index (χ1) is 14.4. The van der Waals surface area contributed by atoms with Gasteiger partial charge in [0.2, 0.25) is 0 Å². The molecule has 1 aliphatic rings. The van der Waals surface area contributed by atoms with Crippen LogP contribution in [0.1, 0.15) is 51.8 Å². The molecule has 1 aliphatic heterocycles. The molecule has 1 aromatic carbocycles. The van der Waals surface area contributed by atoms with E-state index in [-0.39, 0.29) is 5.56 Å². The minimum atomic E-state index is -4.59. The van der Waals surface area contributed by atoms with Crippen LogP contribution in [-0.4, -0.2) is 72.2 Å². The molecule has 1 atom stereocenters. The van der Waals surface area contributed by atoms with E-state index < -0.39 is 35.3 Å². The molecule has 5 nitrogen and oxygen atoms in total. The third kappa shape index (κ3) is 7.07. The third-order valence-electron chi connectivity index (χ3n) is 5.42. The second-order valence-electron chi connectivity index (χ2n) is 8.74. The maximum absolute atomic E-state index is 14.8. The number of hydrogen-bond acceptors (Lipinski definition) is 4. The molecule has 0 aromatic heterocycles. The molecule has 9 heteroatoms. The molecule has 0 saturated carbocycles. The highest BCUT2D eigenvalue weighted by Crippen LogP contribution is 2.33. The van der Waals surface area contributed by atoms with Gasteiger partial charge in [-0.1, -0.05) is 19.9 Å². The number of ether oxygens (including phenoxy) is 1. The SMILES string of the molecule is CCN(CC)CC(c1ccc(C(F)(F)F)cc1F)N1CCN(C(=O)OC(C)(C)C)CC1. The van der Waals surface area contributed by atoms with Crippen molar-refractivity contribution in [2.75, 3.05) is 45.8 Å². The van der Waals surface area contributed by atoms with E-state index in [0.717, 1.165) is 19.2 Å². The molecule has 0 spiro atoms. The normalized spacial score (nSPS) is 17.2. The molecule has 1 saturated heterocycles. The van der Waals surface area contributed by atoms with Gasteiger partial charge >= 0.3 is 12.3 Å². The van der Waals surface area contributed by atoms with Gasteiger partial charge in [-0.25, -0.2) is 9.18 Å². The summed E-state index contributed by atoms with van der Waals surface area (Å²) < 4.78 is 59.1. The van der Waals surface area contributed by atoms with Gasteiger partial charge in [0.25, 0.3) is 0 Å². The molecular formula is C22H33F4N3O2. The van der Waals surface area contributed by atoms with E-state index in [1.54, 1.807) is 25.7 Å². The number of halogens is 4. The molecule has 1 amide bonds. The molecule has 0 aliphatic carbocycles. The van der Waals surface area contributed by atoms with Gasteiger partial charge in [0.05, 0.1) is 11.6 Å². The molecule has 31 heavy (non-hydrogen) atoms. The summed E-state index contributed by atoms with van der Waals surface area (Å²) in [5, 5.41) is 0. The van der Waals surface area contributed by atoms with Crippen LogP contribution in [0.3, 0.4) is 0 Å². The second-order valence-corrected chi connectivity index (χ2v) is 8.74. The number of nitrogens with zero attached hydrogens (tertiary/aromatic N) is 3. The highest BCUT2D eigenvalue weighted by atomic mass is 19.4. The quantitative estimate of drug-likeness (QED) is 0.588. The van der Waals surface area contributed by atoms with Crippen molar-refractivity contribution < 1.29 is 27.1 Å². The van der Waals surface area contributed by atoms with E-state index in [4.69, 9.17) is 4.74 Å². The predicted molar refractivity (Wildman–Crippen MR) is 111 cm³/mol. The molecule has 1 aromatic rings. The fourth-order valence-corrected chi connectivity index (χ4v) is 3.65. The summed E-state index contributed by atoms with van der Waals surface area (Å²) in [6.45, 7) is 13.1. The molecule has 1 heterocycles. The van der Waals surface area contributed by atoms with Crippen molar-refractivity contribution in [2.24, 2.45) is 0 Å². The van der Waals surface area contributed by atoms with Crippen molar-refractivity contribution in [3.63, 3.8) is 0 Å². The minimum Gasteiger partial charge on any atom is -0.444 e. The average molecular weight is 448 g/mol. The Balaban J connectivity index is 2.21. The first kappa shape index (κ1) is 25.4. The molecule has 1 unspecified atom stereocenters. The largest absolute Gasteiger partial charge is 0.444 e. The number of piperazine rings is 1. The van der Waals surface area contributed by atoms with Crippen LogP contribution in [-0.2, 0) is 10.9 Å². The van der Waals surface area contributed by atoms with Crippen molar-refractivity contribution in [3.8, 4) is 0 Å². The number of carbonyl (C=O) groups is 1. The standard InChI is InChI=1S/C22H33F4N3O2/c1-6-27(7-2)15-19(17-9-8-16(14-18(17)23)22(24,25)26)28-10-12-29(13-11-28)20(30)31-21(3,4)5/h8-9,14,19H,6-7,10-13,15H2,1-5H3. The summed E-state index contributed by atoms with van der Waals surface area (Å²) >= 11 is 0. The van der Waals surface area contributed by atoms with Gasteiger partial charge in [-0.3, -0.25) is 4.90 Å². The number of amides is 1. The van der Waals surface area contributed by atoms with Crippen LogP contribution in [0.2, 0.25) is 0 Å². The first-order valence-electron chi connectivity index (χ1n) is 10.7. The van der Waals surface area contributed by atoms with Gasteiger partial charge in [0.1, 0.15) is 11.4 Å². The Morgan fingerprint density at radius 1 is 1.10 bits per heavy atom. The predicted octanol–water partition coefficient (Wildman–Crippen LogP) is 4.78. The lowest BCUT2D eigenvalue weighted by atomic mass is 10.0. The number of rotatable bonds is 6. The Labute approximate surface area is 181 Å². The maximum atomic E-state index is 14.8. The number of likely N-dealkylation sites (N-methyl/N-ethyl adjacent to an activating group) is 1. The summed E-state index contributed by atoms with van der Waals surface area (Å²) in [6.07, 6.45) is -4.99. The Kier molecular flexibility index (Phi) is 8.33. The summed E-state index contributed by atoms with van der Waals surface area (Å²) in [5.74, 6) is -0.860. The van der Waals surface area contributed by atoms with Gasteiger partial charge in [-0.15, -0.1) is 0 Å². The lowest BCUT2D eigenvalue weighted by molar-refractivity contribution is -0.137. The van der Waals surface area contributed by atoms with Crippen molar-refractivity contribution in [1.82, 2.24) is 14.7 Å². The molecule has 0 radical (unpaired) electrons. The van der Waals surface area contributed by atoms with Gasteiger partial charge in [-0.05, 0) is 46.0 Å². The monoisotopic (exact) mass is 447 g/mol. The van der Waals surface area contributed by atoms with Crippen molar-refractivity contribution >= 4 is 6.09 Å². The first-order valence-corrected chi connectivity index (χ1v) is 10.7. The van der Waals surface area contributed by atoms with Crippen LogP contribution in [0, 0.1) is 5.82 Å². The minimum absolute atomic E-state index is 0.241. The maximum Gasteiger partial charge on any atom is 0.416 e. The van der Waals surface area contributed by atoms with Crippen molar-refractivity contribution in [3.05, 3.63) is 35.1 Å². The van der Waals surface area contributed by atoms with E-state index in [1.165, 1.54) is 6.07 Å². The number of benzene rings is 1. The lowest BCUT2D eigenvalue weighted by Crippen LogP contribution is -2.52. The summed E-state index contributed by atoms with van der Waals surface area (Å²) in [6, 6.07) is 2.33. The molecule has 176 valence electrons. The third-order valence-corrected chi connectivity index (χ3v) is 5.42. The zero-order chi connectivity index (χ0) is 23.4. The zero-order valence-electron chi connectivity index (χ0n) is 18.9. The fraction of sp³-hybridized carbons (Fsp3) is 0.682. The molecular weight excluding hydrogens is 414 g/mol. The summed E-state index contributed by atoms with van der Waals surface area (Å²) in [4.78, 5) is 18.1. The van der Waals surface area contributed by atoms with Gasteiger partial charge in [-0.2, -0.15) is 13.2 Å². The highest BCUT2D eigenvalue weighted by Gasteiger charge is 2.34. The van der Waals surface area contributed by atoms with Crippen molar-refractivity contribution in [2.45, 2.75) is 52.4 Å². The Morgan fingerprint density at radius 2 is 1.68 bits per heavy atom. The second kappa shape index (κ2) is 10.2. The van der Waals surface area contributed by atoms with Crippen molar-refractivity contribution in [1.29, 1.82) is 0 Å². The Hall–Kier alpha value is -1.87. The molecule has 1 fully saturated rings. The zero-order valence-corrected chi connectivity index (χ0v) is 18.9. The Morgan fingerprint density at radius 3 is 2.13 bits per heavy atom. The van der Waals surface area contributed by atoms with E-state index in [1.807, 2.05) is 18.7 Å². The summed E-state index contributed by atoms with van der Waals surface area (Å²) in [5.41, 5.74) is -1.35. The average Bonchev–Trinajstić information content (AvgIpc) is 2.67. The summed E-state index contributed by atoms with van der Waals surface area (Å²) in [7, 11) is 0. The van der Waals surface area contributed by atoms with Crippen LogP contribution in [0.5, 0.6) is 0 Å². The van der Waals surface area contributed by atoms with E-state index >= 15 is 0 Å². The lowest BCUT2D eigenvalue weighted by Gasteiger charge is -2.41. The van der Waals surface area contributed by atoms with E-state index in [2.05, 4.69) is 4.90 Å². The van der Waals surface area contributed by atoms with Crippen LogP contribution in [0.15, 0.2) is 18.2 Å². The fourth-order valence-electron chi connectivity index (χ4n) is 3.65. The smallest absolute Gasteiger partial charge is 0.416 e. The Bertz CT molecular complexity index is 737.